The van der Waals surface area contributed by atoms with Crippen molar-refractivity contribution in [2.75, 3.05) is 0 Å². The Balaban J connectivity index is 2.56. The third-order valence-corrected chi connectivity index (χ3v) is 2.84. The molecule has 0 bridgehead atoms. The number of hydrogen-bond donors (Lipinski definition) is 1. The molecular formula is C14H20O2. The third kappa shape index (κ3) is 3.69. The molecule has 0 aliphatic carbocycles. The van der Waals surface area contributed by atoms with E-state index in [1.54, 1.807) is 6.07 Å². The fraction of sp³-hybridized carbons (Fsp3) is 0.500. The van der Waals surface area contributed by atoms with Crippen molar-refractivity contribution >= 4 is 5.97 Å². The van der Waals surface area contributed by atoms with Crippen LogP contribution in [0.4, 0.5) is 0 Å². The van der Waals surface area contributed by atoms with Gasteiger partial charge in [-0.3, -0.25) is 0 Å². The standard InChI is InChI=1S/C14H20O2/c1-3-4-5-6-7-12-8-9-13(14(15)16)11(2)10-12/h8-10H,3-7H2,1-2H3,(H,15,16). The predicted octanol–water partition coefficient (Wildman–Crippen LogP) is 3.82. The first kappa shape index (κ1) is 12.8. The second-order valence-electron chi connectivity index (χ2n) is 4.27. The van der Waals surface area contributed by atoms with Gasteiger partial charge >= 0.3 is 5.97 Å². The number of unbranched alkanes of at least 4 members (excludes halogenated alkanes) is 3. The minimum atomic E-state index is -0.838. The van der Waals surface area contributed by atoms with Crippen molar-refractivity contribution in [3.05, 3.63) is 34.9 Å². The van der Waals surface area contributed by atoms with Crippen molar-refractivity contribution < 1.29 is 9.90 Å². The number of hydrogen-bond acceptors (Lipinski definition) is 1. The average molecular weight is 220 g/mol. The van der Waals surface area contributed by atoms with E-state index >= 15 is 0 Å². The Morgan fingerprint density at radius 2 is 2.00 bits per heavy atom. The Bertz CT molecular complexity index is 356. The Kier molecular flexibility index (Phi) is 5.03. The van der Waals surface area contributed by atoms with E-state index < -0.39 is 5.97 Å². The van der Waals surface area contributed by atoms with E-state index in [2.05, 4.69) is 6.92 Å². The molecule has 0 unspecified atom stereocenters. The van der Waals surface area contributed by atoms with Gasteiger partial charge in [0.2, 0.25) is 0 Å². The smallest absolute Gasteiger partial charge is 0.335 e. The van der Waals surface area contributed by atoms with Crippen LogP contribution in [-0.4, -0.2) is 11.1 Å². The first-order valence-electron chi connectivity index (χ1n) is 5.98. The molecule has 16 heavy (non-hydrogen) atoms. The topological polar surface area (TPSA) is 37.3 Å². The quantitative estimate of drug-likeness (QED) is 0.740. The summed E-state index contributed by atoms with van der Waals surface area (Å²) in [4.78, 5) is 10.8. The zero-order valence-corrected chi connectivity index (χ0v) is 10.1. The summed E-state index contributed by atoms with van der Waals surface area (Å²) >= 11 is 0. The molecule has 0 amide bonds. The number of benzene rings is 1. The van der Waals surface area contributed by atoms with E-state index in [1.807, 2.05) is 19.1 Å². The lowest BCUT2D eigenvalue weighted by molar-refractivity contribution is 0.0696. The number of aromatic carboxylic acids is 1. The van der Waals surface area contributed by atoms with Gasteiger partial charge in [-0.1, -0.05) is 38.3 Å². The molecule has 0 aliphatic rings. The molecule has 0 radical (unpaired) electrons. The van der Waals surface area contributed by atoms with Gasteiger partial charge in [0, 0.05) is 0 Å². The SMILES string of the molecule is CCCCCCc1ccc(C(=O)O)c(C)c1. The van der Waals surface area contributed by atoms with E-state index in [9.17, 15) is 4.79 Å². The van der Waals surface area contributed by atoms with Crippen LogP contribution in [0.15, 0.2) is 18.2 Å². The van der Waals surface area contributed by atoms with Gasteiger partial charge in [-0.05, 0) is 37.0 Å². The van der Waals surface area contributed by atoms with Crippen LogP contribution in [0.25, 0.3) is 0 Å². The molecule has 1 aromatic carbocycles. The molecule has 88 valence electrons. The Labute approximate surface area is 97.3 Å². The Morgan fingerprint density at radius 3 is 2.56 bits per heavy atom. The van der Waals surface area contributed by atoms with Crippen LogP contribution in [0.2, 0.25) is 0 Å². The normalized spacial score (nSPS) is 10.4. The molecule has 1 rings (SSSR count). The molecule has 1 aromatic rings. The number of aryl methyl sites for hydroxylation is 2. The molecule has 0 fully saturated rings. The van der Waals surface area contributed by atoms with Gasteiger partial charge in [0.1, 0.15) is 0 Å². The van der Waals surface area contributed by atoms with Crippen molar-refractivity contribution in [3.63, 3.8) is 0 Å². The minimum absolute atomic E-state index is 0.414. The van der Waals surface area contributed by atoms with Crippen LogP contribution >= 0.6 is 0 Å². The molecule has 0 spiro atoms. The highest BCUT2D eigenvalue weighted by Crippen LogP contribution is 2.14. The lowest BCUT2D eigenvalue weighted by Gasteiger charge is -2.05. The van der Waals surface area contributed by atoms with Gasteiger partial charge in [-0.2, -0.15) is 0 Å². The minimum Gasteiger partial charge on any atom is -0.478 e. The third-order valence-electron chi connectivity index (χ3n) is 2.84. The molecule has 2 nitrogen and oxygen atoms in total. The Hall–Kier alpha value is -1.31. The monoisotopic (exact) mass is 220 g/mol. The molecule has 2 heteroatoms. The van der Waals surface area contributed by atoms with Gasteiger partial charge in [0.05, 0.1) is 5.56 Å². The molecular weight excluding hydrogens is 200 g/mol. The van der Waals surface area contributed by atoms with E-state index in [0.29, 0.717) is 5.56 Å². The van der Waals surface area contributed by atoms with Crippen molar-refractivity contribution in [1.29, 1.82) is 0 Å². The van der Waals surface area contributed by atoms with Crippen LogP contribution < -0.4 is 0 Å². The van der Waals surface area contributed by atoms with Crippen LogP contribution in [0.1, 0.15) is 54.1 Å². The molecule has 0 heterocycles. The highest BCUT2D eigenvalue weighted by atomic mass is 16.4. The average Bonchev–Trinajstić information content (AvgIpc) is 2.24. The summed E-state index contributed by atoms with van der Waals surface area (Å²) in [5.41, 5.74) is 2.52. The van der Waals surface area contributed by atoms with Gasteiger partial charge in [-0.25, -0.2) is 4.79 Å². The van der Waals surface area contributed by atoms with Crippen LogP contribution in [0.5, 0.6) is 0 Å². The number of carboxylic acids is 1. The fourth-order valence-electron chi connectivity index (χ4n) is 1.88. The summed E-state index contributed by atoms with van der Waals surface area (Å²) in [6.07, 6.45) is 6.04. The predicted molar refractivity (Wildman–Crippen MR) is 66.0 cm³/mol. The van der Waals surface area contributed by atoms with Crippen molar-refractivity contribution in [2.45, 2.75) is 46.0 Å². The number of carboxylic acid groups (broad SMARTS) is 1. The Morgan fingerprint density at radius 1 is 1.25 bits per heavy atom. The number of carbonyl (C=O) groups is 1. The van der Waals surface area contributed by atoms with Crippen molar-refractivity contribution in [1.82, 2.24) is 0 Å². The zero-order valence-electron chi connectivity index (χ0n) is 10.1. The second kappa shape index (κ2) is 6.31. The molecule has 0 atom stereocenters. The van der Waals surface area contributed by atoms with Crippen molar-refractivity contribution in [3.8, 4) is 0 Å². The highest BCUT2D eigenvalue weighted by molar-refractivity contribution is 5.89. The lowest BCUT2D eigenvalue weighted by atomic mass is 10.0. The molecule has 1 N–H and O–H groups in total. The van der Waals surface area contributed by atoms with Gasteiger partial charge in [0.15, 0.2) is 0 Å². The summed E-state index contributed by atoms with van der Waals surface area (Å²) < 4.78 is 0. The van der Waals surface area contributed by atoms with Gasteiger partial charge < -0.3 is 5.11 Å². The maximum atomic E-state index is 10.8. The maximum absolute atomic E-state index is 10.8. The summed E-state index contributed by atoms with van der Waals surface area (Å²) in [6, 6.07) is 5.64. The van der Waals surface area contributed by atoms with Crippen molar-refractivity contribution in [2.24, 2.45) is 0 Å². The van der Waals surface area contributed by atoms with Crippen LogP contribution in [0.3, 0.4) is 0 Å². The molecule has 0 saturated carbocycles. The summed E-state index contributed by atoms with van der Waals surface area (Å²) in [5, 5.41) is 8.90. The second-order valence-corrected chi connectivity index (χ2v) is 4.27. The van der Waals surface area contributed by atoms with Gasteiger partial charge in [0.25, 0.3) is 0 Å². The van der Waals surface area contributed by atoms with Crippen LogP contribution in [0, 0.1) is 6.92 Å². The zero-order chi connectivity index (χ0) is 12.0. The lowest BCUT2D eigenvalue weighted by Crippen LogP contribution is -2.00. The molecule has 0 aromatic heterocycles. The van der Waals surface area contributed by atoms with E-state index in [-0.39, 0.29) is 0 Å². The summed E-state index contributed by atoms with van der Waals surface area (Å²) in [6.45, 7) is 4.06. The fourth-order valence-corrected chi connectivity index (χ4v) is 1.88. The molecule has 0 saturated heterocycles. The highest BCUT2D eigenvalue weighted by Gasteiger charge is 2.06. The van der Waals surface area contributed by atoms with Crippen LogP contribution in [-0.2, 0) is 6.42 Å². The number of rotatable bonds is 6. The van der Waals surface area contributed by atoms with E-state index in [4.69, 9.17) is 5.11 Å². The first-order valence-corrected chi connectivity index (χ1v) is 5.98. The van der Waals surface area contributed by atoms with E-state index in [0.717, 1.165) is 12.0 Å². The molecule has 0 aliphatic heterocycles. The van der Waals surface area contributed by atoms with E-state index in [1.165, 1.54) is 31.2 Å². The maximum Gasteiger partial charge on any atom is 0.335 e. The largest absolute Gasteiger partial charge is 0.478 e. The summed E-state index contributed by atoms with van der Waals surface area (Å²) in [5.74, 6) is -0.838. The summed E-state index contributed by atoms with van der Waals surface area (Å²) in [7, 11) is 0. The van der Waals surface area contributed by atoms with Gasteiger partial charge in [-0.15, -0.1) is 0 Å². The first-order chi connectivity index (χ1) is 7.65.